The maximum absolute atomic E-state index is 12.5. The zero-order valence-corrected chi connectivity index (χ0v) is 15.0. The number of nitrogens with zero attached hydrogens (tertiary/aromatic N) is 1. The Bertz CT molecular complexity index is 923. The van der Waals surface area contributed by atoms with Crippen LogP contribution in [0.5, 0.6) is 0 Å². The smallest absolute Gasteiger partial charge is 0.319 e. The molecule has 1 heterocycles. The van der Waals surface area contributed by atoms with E-state index < -0.39 is 0 Å². The van der Waals surface area contributed by atoms with E-state index >= 15 is 0 Å². The molecule has 0 unspecified atom stereocenters. The Balaban J connectivity index is 1.72. The predicted octanol–water partition coefficient (Wildman–Crippen LogP) is 3.53. The number of hydrogen-bond acceptors (Lipinski definition) is 4. The lowest BCUT2D eigenvalue weighted by Gasteiger charge is -2.19. The molecule has 3 aromatic rings. The minimum atomic E-state index is -0.378. The number of nitrogens with one attached hydrogen (secondary N) is 2. The normalized spacial score (nSPS) is 11.6. The zero-order chi connectivity index (χ0) is 19.1. The summed E-state index contributed by atoms with van der Waals surface area (Å²) in [5.41, 5.74) is 1.71. The molecule has 0 saturated heterocycles. The van der Waals surface area contributed by atoms with Crippen molar-refractivity contribution < 1.29 is 14.3 Å². The number of hydrogen-bond donors (Lipinski definition) is 2. The Labute approximate surface area is 157 Å². The van der Waals surface area contributed by atoms with Crippen LogP contribution in [0.25, 0.3) is 10.8 Å². The van der Waals surface area contributed by atoms with Gasteiger partial charge in [0.05, 0.1) is 19.2 Å². The van der Waals surface area contributed by atoms with Crippen molar-refractivity contribution in [3.8, 4) is 0 Å². The molecular weight excluding hydrogens is 342 g/mol. The van der Waals surface area contributed by atoms with Gasteiger partial charge in [-0.15, -0.1) is 0 Å². The van der Waals surface area contributed by atoms with Gasteiger partial charge in [-0.1, -0.05) is 42.5 Å². The Kier molecular flexibility index (Phi) is 5.99. The molecule has 0 radical (unpaired) electrons. The van der Waals surface area contributed by atoms with E-state index in [-0.39, 0.29) is 24.5 Å². The van der Waals surface area contributed by atoms with Crippen LogP contribution in [0, 0.1) is 0 Å². The molecule has 2 aromatic carbocycles. The number of carbonyl (C=O) groups excluding carboxylic acids is 2. The van der Waals surface area contributed by atoms with E-state index in [2.05, 4.69) is 15.6 Å². The van der Waals surface area contributed by atoms with Crippen LogP contribution in [0.15, 0.2) is 67.0 Å². The molecule has 0 bridgehead atoms. The fourth-order valence-electron chi connectivity index (χ4n) is 2.93. The first-order chi connectivity index (χ1) is 13.2. The van der Waals surface area contributed by atoms with Crippen molar-refractivity contribution >= 4 is 28.5 Å². The third kappa shape index (κ3) is 5.04. The summed E-state index contributed by atoms with van der Waals surface area (Å²) in [6, 6.07) is 16.4. The number of amides is 2. The minimum Gasteiger partial charge on any atom is -0.469 e. The van der Waals surface area contributed by atoms with E-state index in [0.29, 0.717) is 12.1 Å². The molecule has 6 nitrogen and oxygen atoms in total. The average Bonchev–Trinajstić information content (AvgIpc) is 2.69. The molecule has 1 atom stereocenters. The van der Waals surface area contributed by atoms with Crippen molar-refractivity contribution in [3.05, 3.63) is 72.6 Å². The second kappa shape index (κ2) is 8.80. The van der Waals surface area contributed by atoms with Crippen molar-refractivity contribution in [2.24, 2.45) is 0 Å². The number of benzene rings is 2. The van der Waals surface area contributed by atoms with Crippen LogP contribution >= 0.6 is 0 Å². The van der Waals surface area contributed by atoms with Gasteiger partial charge in [-0.3, -0.25) is 9.78 Å². The maximum atomic E-state index is 12.5. The molecule has 2 N–H and O–H groups in total. The van der Waals surface area contributed by atoms with Gasteiger partial charge in [-0.05, 0) is 24.1 Å². The maximum Gasteiger partial charge on any atom is 0.319 e. The summed E-state index contributed by atoms with van der Waals surface area (Å²) in [5, 5.41) is 7.57. The molecule has 2 amide bonds. The fraction of sp³-hybridized carbons (Fsp3) is 0.190. The SMILES string of the molecule is COC(=O)C[C@H](Cc1ccccc1)NC(=O)Nc1cccc2cnccc12. The molecule has 0 saturated carbocycles. The Hall–Kier alpha value is -3.41. The third-order valence-electron chi connectivity index (χ3n) is 4.23. The van der Waals surface area contributed by atoms with Crippen LogP contribution in [0.3, 0.4) is 0 Å². The topological polar surface area (TPSA) is 80.3 Å². The molecule has 1 aromatic heterocycles. The molecule has 0 spiro atoms. The summed E-state index contributed by atoms with van der Waals surface area (Å²) in [6.45, 7) is 0. The first-order valence-electron chi connectivity index (χ1n) is 8.66. The number of fused-ring (bicyclic) bond motifs is 1. The third-order valence-corrected chi connectivity index (χ3v) is 4.23. The van der Waals surface area contributed by atoms with Crippen LogP contribution in [-0.4, -0.2) is 30.1 Å². The molecule has 0 fully saturated rings. The van der Waals surface area contributed by atoms with E-state index in [1.165, 1.54) is 7.11 Å². The number of rotatable bonds is 6. The van der Waals surface area contributed by atoms with Crippen LogP contribution in [-0.2, 0) is 16.0 Å². The number of urea groups is 1. The minimum absolute atomic E-state index is 0.0955. The molecule has 0 aliphatic carbocycles. The van der Waals surface area contributed by atoms with Gasteiger partial charge < -0.3 is 15.4 Å². The highest BCUT2D eigenvalue weighted by atomic mass is 16.5. The van der Waals surface area contributed by atoms with Gasteiger partial charge in [-0.25, -0.2) is 4.79 Å². The largest absolute Gasteiger partial charge is 0.469 e. The Morgan fingerprint density at radius 1 is 1.07 bits per heavy atom. The van der Waals surface area contributed by atoms with Gasteiger partial charge in [0.25, 0.3) is 0 Å². The second-order valence-corrected chi connectivity index (χ2v) is 6.17. The Morgan fingerprint density at radius 2 is 1.89 bits per heavy atom. The summed E-state index contributed by atoms with van der Waals surface area (Å²) >= 11 is 0. The van der Waals surface area contributed by atoms with Crippen molar-refractivity contribution in [1.29, 1.82) is 0 Å². The molecule has 6 heteroatoms. The number of methoxy groups -OCH3 is 1. The van der Waals surface area contributed by atoms with Gasteiger partial charge in [0, 0.05) is 29.2 Å². The monoisotopic (exact) mass is 363 g/mol. The van der Waals surface area contributed by atoms with Crippen molar-refractivity contribution in [1.82, 2.24) is 10.3 Å². The molecule has 138 valence electrons. The van der Waals surface area contributed by atoms with Gasteiger partial charge in [0.15, 0.2) is 0 Å². The predicted molar refractivity (Wildman–Crippen MR) is 104 cm³/mol. The number of carbonyl (C=O) groups is 2. The zero-order valence-electron chi connectivity index (χ0n) is 15.0. The van der Waals surface area contributed by atoms with Gasteiger partial charge in [-0.2, -0.15) is 0 Å². The standard InChI is InChI=1S/C21H21N3O3/c1-27-20(25)13-17(12-15-6-3-2-4-7-15)23-21(26)24-19-9-5-8-16-14-22-11-10-18(16)19/h2-11,14,17H,12-13H2,1H3,(H2,23,24,26)/t17-/m0/s1. The molecule has 3 rings (SSSR count). The van der Waals surface area contributed by atoms with Crippen molar-refractivity contribution in [3.63, 3.8) is 0 Å². The fourth-order valence-corrected chi connectivity index (χ4v) is 2.93. The van der Waals surface area contributed by atoms with E-state index in [4.69, 9.17) is 4.74 Å². The second-order valence-electron chi connectivity index (χ2n) is 6.17. The highest BCUT2D eigenvalue weighted by Gasteiger charge is 2.18. The van der Waals surface area contributed by atoms with Gasteiger partial charge in [0.2, 0.25) is 0 Å². The molecule has 0 aliphatic rings. The van der Waals surface area contributed by atoms with Gasteiger partial charge >= 0.3 is 12.0 Å². The lowest BCUT2D eigenvalue weighted by Crippen LogP contribution is -2.40. The van der Waals surface area contributed by atoms with Gasteiger partial charge in [0.1, 0.15) is 0 Å². The van der Waals surface area contributed by atoms with Crippen LogP contribution < -0.4 is 10.6 Å². The van der Waals surface area contributed by atoms with Crippen LogP contribution in [0.1, 0.15) is 12.0 Å². The number of aromatic nitrogens is 1. The first-order valence-corrected chi connectivity index (χ1v) is 8.66. The summed E-state index contributed by atoms with van der Waals surface area (Å²) in [5.74, 6) is -0.368. The van der Waals surface area contributed by atoms with E-state index in [1.807, 2.05) is 54.6 Å². The summed E-state index contributed by atoms with van der Waals surface area (Å²) < 4.78 is 4.76. The van der Waals surface area contributed by atoms with Crippen LogP contribution in [0.2, 0.25) is 0 Å². The van der Waals surface area contributed by atoms with E-state index in [1.54, 1.807) is 12.4 Å². The van der Waals surface area contributed by atoms with Crippen molar-refractivity contribution in [2.75, 3.05) is 12.4 Å². The number of ether oxygens (including phenoxy) is 1. The van der Waals surface area contributed by atoms with Crippen LogP contribution in [0.4, 0.5) is 10.5 Å². The number of anilines is 1. The summed E-state index contributed by atoms with van der Waals surface area (Å²) in [6.07, 6.45) is 4.05. The van der Waals surface area contributed by atoms with E-state index in [9.17, 15) is 9.59 Å². The van der Waals surface area contributed by atoms with Crippen molar-refractivity contribution in [2.45, 2.75) is 18.9 Å². The average molecular weight is 363 g/mol. The number of esters is 1. The van der Waals surface area contributed by atoms with E-state index in [0.717, 1.165) is 16.3 Å². The lowest BCUT2D eigenvalue weighted by atomic mass is 10.0. The lowest BCUT2D eigenvalue weighted by molar-refractivity contribution is -0.141. The summed E-state index contributed by atoms with van der Waals surface area (Å²) in [4.78, 5) is 28.4. The Morgan fingerprint density at radius 3 is 2.67 bits per heavy atom. The first kappa shape index (κ1) is 18.4. The highest BCUT2D eigenvalue weighted by Crippen LogP contribution is 2.22. The summed E-state index contributed by atoms with van der Waals surface area (Å²) in [7, 11) is 1.34. The molecule has 0 aliphatic heterocycles. The number of pyridine rings is 1. The molecule has 27 heavy (non-hydrogen) atoms. The quantitative estimate of drug-likeness (QED) is 0.657. The highest BCUT2D eigenvalue weighted by molar-refractivity contribution is 6.01. The molecular formula is C21H21N3O3.